The third-order valence-corrected chi connectivity index (χ3v) is 4.63. The Morgan fingerprint density at radius 3 is 2.32 bits per heavy atom. The lowest BCUT2D eigenvalue weighted by Gasteiger charge is -2.15. The van der Waals surface area contributed by atoms with Crippen molar-refractivity contribution in [3.05, 3.63) is 69.7 Å². The van der Waals surface area contributed by atoms with Crippen molar-refractivity contribution >= 4 is 40.6 Å². The molecule has 3 rings (SSSR count). The van der Waals surface area contributed by atoms with Gasteiger partial charge in [0.2, 0.25) is 0 Å². The van der Waals surface area contributed by atoms with Crippen LogP contribution in [0.3, 0.4) is 0 Å². The Balaban J connectivity index is 1.83. The van der Waals surface area contributed by atoms with Gasteiger partial charge in [-0.1, -0.05) is 53.5 Å². The van der Waals surface area contributed by atoms with Crippen LogP contribution in [0.15, 0.2) is 53.6 Å². The Kier molecular flexibility index (Phi) is 5.11. The Morgan fingerprint density at radius 1 is 0.960 bits per heavy atom. The largest absolute Gasteiger partial charge is 0.496 e. The molecule has 2 aromatic carbocycles. The van der Waals surface area contributed by atoms with E-state index in [9.17, 15) is 9.59 Å². The van der Waals surface area contributed by atoms with Crippen LogP contribution >= 0.6 is 23.2 Å². The molecule has 0 saturated carbocycles. The summed E-state index contributed by atoms with van der Waals surface area (Å²) in [6.07, 6.45) is 0.526. The van der Waals surface area contributed by atoms with Gasteiger partial charge in [0.25, 0.3) is 11.8 Å². The van der Waals surface area contributed by atoms with Crippen LogP contribution in [0.2, 0.25) is 5.02 Å². The zero-order chi connectivity index (χ0) is 18.0. The van der Waals surface area contributed by atoms with Crippen molar-refractivity contribution < 1.29 is 14.3 Å². The molecule has 0 fully saturated rings. The van der Waals surface area contributed by atoms with Crippen molar-refractivity contribution in [2.45, 2.75) is 6.42 Å². The number of ether oxygens (including phenoxy) is 1. The number of carbonyl (C=O) groups excluding carboxylic acids is 2. The van der Waals surface area contributed by atoms with Gasteiger partial charge < -0.3 is 4.74 Å². The number of hydrogen-bond acceptors (Lipinski definition) is 3. The molecule has 128 valence electrons. The van der Waals surface area contributed by atoms with Gasteiger partial charge in [0.1, 0.15) is 10.8 Å². The zero-order valence-electron chi connectivity index (χ0n) is 13.5. The van der Waals surface area contributed by atoms with E-state index in [1.54, 1.807) is 36.4 Å². The topological polar surface area (TPSA) is 46.6 Å². The zero-order valence-corrected chi connectivity index (χ0v) is 15.0. The average molecular weight is 376 g/mol. The summed E-state index contributed by atoms with van der Waals surface area (Å²) in [5, 5.41) is 0.561. The van der Waals surface area contributed by atoms with Crippen LogP contribution in [0, 0.1) is 0 Å². The van der Waals surface area contributed by atoms with E-state index in [1.165, 1.54) is 12.0 Å². The van der Waals surface area contributed by atoms with E-state index in [0.29, 0.717) is 22.8 Å². The summed E-state index contributed by atoms with van der Waals surface area (Å²) >= 11 is 12.0. The van der Waals surface area contributed by atoms with Crippen molar-refractivity contribution in [1.82, 2.24) is 4.90 Å². The van der Waals surface area contributed by atoms with Gasteiger partial charge in [0, 0.05) is 17.1 Å². The minimum Gasteiger partial charge on any atom is -0.496 e. The monoisotopic (exact) mass is 375 g/mol. The van der Waals surface area contributed by atoms with E-state index in [4.69, 9.17) is 27.9 Å². The Morgan fingerprint density at radius 2 is 1.64 bits per heavy atom. The maximum Gasteiger partial charge on any atom is 0.273 e. The Hall–Kier alpha value is -2.30. The van der Waals surface area contributed by atoms with Crippen LogP contribution < -0.4 is 4.74 Å². The smallest absolute Gasteiger partial charge is 0.273 e. The van der Waals surface area contributed by atoms with Crippen molar-refractivity contribution in [1.29, 1.82) is 0 Å². The third kappa shape index (κ3) is 3.41. The van der Waals surface area contributed by atoms with Gasteiger partial charge >= 0.3 is 0 Å². The van der Waals surface area contributed by atoms with Gasteiger partial charge in [0.15, 0.2) is 0 Å². The number of para-hydroxylation sites is 1. The predicted octanol–water partition coefficient (Wildman–Crippen LogP) is 3.91. The first-order valence-corrected chi connectivity index (χ1v) is 8.42. The van der Waals surface area contributed by atoms with Crippen LogP contribution in [0.4, 0.5) is 0 Å². The molecule has 0 saturated heterocycles. The number of carbonyl (C=O) groups is 2. The highest BCUT2D eigenvalue weighted by Crippen LogP contribution is 2.36. The number of halogens is 2. The van der Waals surface area contributed by atoms with Gasteiger partial charge in [0.05, 0.1) is 12.7 Å². The molecule has 0 atom stereocenters. The number of hydrogen-bond donors (Lipinski definition) is 0. The van der Waals surface area contributed by atoms with Crippen LogP contribution in [-0.2, 0) is 16.0 Å². The van der Waals surface area contributed by atoms with Gasteiger partial charge in [-0.05, 0) is 30.2 Å². The summed E-state index contributed by atoms with van der Waals surface area (Å²) < 4.78 is 5.28. The van der Waals surface area contributed by atoms with Crippen molar-refractivity contribution in [3.63, 3.8) is 0 Å². The van der Waals surface area contributed by atoms with Gasteiger partial charge in [-0.25, -0.2) is 0 Å². The second kappa shape index (κ2) is 7.30. The predicted molar refractivity (Wildman–Crippen MR) is 97.6 cm³/mol. The average Bonchev–Trinajstić information content (AvgIpc) is 2.84. The highest BCUT2D eigenvalue weighted by atomic mass is 35.5. The van der Waals surface area contributed by atoms with E-state index >= 15 is 0 Å². The van der Waals surface area contributed by atoms with E-state index in [0.717, 1.165) is 5.56 Å². The molecule has 2 amide bonds. The SMILES string of the molecule is COc1ccccc1C1=C(Cl)C(=O)N(CCc2ccc(Cl)cc2)C1=O. The summed E-state index contributed by atoms with van der Waals surface area (Å²) in [4.78, 5) is 26.3. The lowest BCUT2D eigenvalue weighted by Crippen LogP contribution is -2.33. The first kappa shape index (κ1) is 17.5. The fraction of sp³-hybridized carbons (Fsp3) is 0.158. The molecule has 1 aliphatic rings. The second-order valence-corrected chi connectivity index (χ2v) is 6.34. The van der Waals surface area contributed by atoms with Gasteiger partial charge in [-0.2, -0.15) is 0 Å². The van der Waals surface area contributed by atoms with E-state index in [2.05, 4.69) is 0 Å². The summed E-state index contributed by atoms with van der Waals surface area (Å²) in [5.74, 6) is -0.397. The van der Waals surface area contributed by atoms with Crippen LogP contribution in [0.1, 0.15) is 11.1 Å². The van der Waals surface area contributed by atoms with Crippen molar-refractivity contribution in [2.24, 2.45) is 0 Å². The summed E-state index contributed by atoms with van der Waals surface area (Å²) in [6, 6.07) is 14.3. The first-order valence-electron chi connectivity index (χ1n) is 7.66. The molecule has 0 radical (unpaired) electrons. The number of rotatable bonds is 5. The highest BCUT2D eigenvalue weighted by Gasteiger charge is 2.38. The maximum atomic E-state index is 12.8. The summed E-state index contributed by atoms with van der Waals surface area (Å²) in [6.45, 7) is 0.244. The highest BCUT2D eigenvalue weighted by molar-refractivity contribution is 6.55. The summed E-state index contributed by atoms with van der Waals surface area (Å²) in [5.41, 5.74) is 1.68. The molecule has 6 heteroatoms. The van der Waals surface area contributed by atoms with Crippen molar-refractivity contribution in [3.8, 4) is 5.75 Å². The van der Waals surface area contributed by atoms with E-state index < -0.39 is 11.8 Å². The number of imide groups is 1. The first-order chi connectivity index (χ1) is 12.0. The number of methoxy groups -OCH3 is 1. The standard InChI is InChI=1S/C19H15Cl2NO3/c1-25-15-5-3-2-4-14(15)16-17(21)19(24)22(18(16)23)11-10-12-6-8-13(20)9-7-12/h2-9H,10-11H2,1H3. The molecule has 4 nitrogen and oxygen atoms in total. The number of nitrogens with zero attached hydrogens (tertiary/aromatic N) is 1. The number of amides is 2. The third-order valence-electron chi connectivity index (χ3n) is 4.03. The number of benzene rings is 2. The molecule has 0 spiro atoms. The van der Waals surface area contributed by atoms with Crippen LogP contribution in [0.25, 0.3) is 5.57 Å². The fourth-order valence-electron chi connectivity index (χ4n) is 2.73. The Bertz CT molecular complexity index is 859. The minimum atomic E-state index is -0.485. The van der Waals surface area contributed by atoms with E-state index in [1.807, 2.05) is 12.1 Å². The molecule has 0 bridgehead atoms. The molecule has 0 N–H and O–H groups in total. The fourth-order valence-corrected chi connectivity index (χ4v) is 3.14. The molecule has 0 unspecified atom stereocenters. The quantitative estimate of drug-likeness (QED) is 0.744. The molecule has 1 aliphatic heterocycles. The molecule has 2 aromatic rings. The molecular weight excluding hydrogens is 361 g/mol. The van der Waals surface area contributed by atoms with Gasteiger partial charge in [-0.3, -0.25) is 14.5 Å². The van der Waals surface area contributed by atoms with E-state index in [-0.39, 0.29) is 17.2 Å². The molecule has 0 aliphatic carbocycles. The lowest BCUT2D eigenvalue weighted by atomic mass is 10.0. The molecule has 0 aromatic heterocycles. The molecule has 25 heavy (non-hydrogen) atoms. The van der Waals surface area contributed by atoms with Gasteiger partial charge in [-0.15, -0.1) is 0 Å². The lowest BCUT2D eigenvalue weighted by molar-refractivity contribution is -0.136. The summed E-state index contributed by atoms with van der Waals surface area (Å²) in [7, 11) is 1.51. The molecular formula is C19H15Cl2NO3. The molecule has 1 heterocycles. The second-order valence-electron chi connectivity index (χ2n) is 5.53. The Labute approximate surface area is 155 Å². The normalized spacial score (nSPS) is 14.4. The van der Waals surface area contributed by atoms with Crippen LogP contribution in [0.5, 0.6) is 5.75 Å². The minimum absolute atomic E-state index is 0.0781. The maximum absolute atomic E-state index is 12.8. The van der Waals surface area contributed by atoms with Crippen molar-refractivity contribution in [2.75, 3.05) is 13.7 Å². The van der Waals surface area contributed by atoms with Crippen LogP contribution in [-0.4, -0.2) is 30.4 Å².